The first-order valence-corrected chi connectivity index (χ1v) is 20.6. The van der Waals surface area contributed by atoms with Crippen LogP contribution in [0, 0.1) is 11.3 Å². The number of nitriles is 1. The third-order valence-corrected chi connectivity index (χ3v) is 11.2. The summed E-state index contributed by atoms with van der Waals surface area (Å²) in [5.74, 6) is 3.08. The summed E-state index contributed by atoms with van der Waals surface area (Å²) < 4.78 is 2.29. The van der Waals surface area contributed by atoms with Gasteiger partial charge in [-0.2, -0.15) is 5.26 Å². The number of aromatic nitrogens is 7. The van der Waals surface area contributed by atoms with E-state index in [9.17, 15) is 5.26 Å². The van der Waals surface area contributed by atoms with Crippen molar-refractivity contribution in [3.8, 4) is 91.2 Å². The molecule has 0 atom stereocenters. The van der Waals surface area contributed by atoms with Crippen LogP contribution in [-0.4, -0.2) is 34.5 Å². The van der Waals surface area contributed by atoms with Gasteiger partial charge < -0.3 is 4.57 Å². The summed E-state index contributed by atoms with van der Waals surface area (Å²) in [6.45, 7) is 0. The molecule has 0 saturated heterocycles. The molecule has 8 nitrogen and oxygen atoms in total. The topological polar surface area (TPSA) is 106 Å². The van der Waals surface area contributed by atoms with E-state index in [1.807, 2.05) is 103 Å². The van der Waals surface area contributed by atoms with Crippen LogP contribution in [0.1, 0.15) is 5.56 Å². The number of benzene rings is 8. The van der Waals surface area contributed by atoms with Gasteiger partial charge in [-0.25, -0.2) is 29.9 Å². The van der Waals surface area contributed by atoms with Gasteiger partial charge in [-0.3, -0.25) is 0 Å². The maximum Gasteiger partial charge on any atom is 0.166 e. The lowest BCUT2D eigenvalue weighted by Crippen LogP contribution is -2.05. The minimum Gasteiger partial charge on any atom is -0.309 e. The van der Waals surface area contributed by atoms with Crippen LogP contribution >= 0.6 is 0 Å². The van der Waals surface area contributed by atoms with Gasteiger partial charge in [0.15, 0.2) is 34.9 Å². The van der Waals surface area contributed by atoms with E-state index in [4.69, 9.17) is 29.9 Å². The van der Waals surface area contributed by atoms with Gasteiger partial charge in [-0.05, 0) is 65.7 Å². The molecule has 294 valence electrons. The zero-order chi connectivity index (χ0) is 42.1. The molecular formula is C55H34N8. The van der Waals surface area contributed by atoms with E-state index in [-0.39, 0.29) is 0 Å². The van der Waals surface area contributed by atoms with E-state index < -0.39 is 0 Å². The van der Waals surface area contributed by atoms with Crippen LogP contribution in [0.4, 0.5) is 0 Å². The van der Waals surface area contributed by atoms with E-state index in [1.165, 1.54) is 0 Å². The molecule has 11 aromatic rings. The van der Waals surface area contributed by atoms with Gasteiger partial charge in [0.05, 0.1) is 28.4 Å². The van der Waals surface area contributed by atoms with E-state index in [1.54, 1.807) is 12.1 Å². The van der Waals surface area contributed by atoms with Gasteiger partial charge in [0.1, 0.15) is 0 Å². The molecule has 0 N–H and O–H groups in total. The summed E-state index contributed by atoms with van der Waals surface area (Å²) in [5, 5.41) is 11.8. The van der Waals surface area contributed by atoms with Crippen molar-refractivity contribution < 1.29 is 0 Å². The maximum absolute atomic E-state index is 9.53. The minimum absolute atomic E-state index is 0.477. The Bertz CT molecular complexity index is 3450. The summed E-state index contributed by atoms with van der Waals surface area (Å²) in [7, 11) is 0. The molecule has 3 heterocycles. The molecule has 0 unspecified atom stereocenters. The van der Waals surface area contributed by atoms with E-state index in [0.717, 1.165) is 72.0 Å². The predicted octanol–water partition coefficient (Wildman–Crippen LogP) is 12.7. The van der Waals surface area contributed by atoms with Crippen molar-refractivity contribution in [2.24, 2.45) is 0 Å². The third kappa shape index (κ3) is 6.96. The second kappa shape index (κ2) is 15.9. The molecule has 0 aliphatic rings. The Hall–Kier alpha value is -8.93. The lowest BCUT2D eigenvalue weighted by Gasteiger charge is -2.17. The molecular weight excluding hydrogens is 773 g/mol. The summed E-state index contributed by atoms with van der Waals surface area (Å²) >= 11 is 0. The first-order chi connectivity index (χ1) is 31.2. The van der Waals surface area contributed by atoms with Crippen LogP contribution < -0.4 is 0 Å². The number of para-hydroxylation sites is 2. The minimum atomic E-state index is 0.477. The molecule has 0 spiro atoms. The Labute approximate surface area is 363 Å². The summed E-state index contributed by atoms with van der Waals surface area (Å²) in [4.78, 5) is 31.0. The highest BCUT2D eigenvalue weighted by atomic mass is 15.1. The van der Waals surface area contributed by atoms with Gasteiger partial charge in [-0.15, -0.1) is 0 Å². The largest absolute Gasteiger partial charge is 0.309 e. The molecule has 3 aromatic heterocycles. The highest BCUT2D eigenvalue weighted by Crippen LogP contribution is 2.39. The Morgan fingerprint density at radius 1 is 0.317 bits per heavy atom. The van der Waals surface area contributed by atoms with Gasteiger partial charge >= 0.3 is 0 Å². The average molecular weight is 807 g/mol. The highest BCUT2D eigenvalue weighted by molar-refractivity contribution is 6.09. The molecule has 63 heavy (non-hydrogen) atoms. The third-order valence-electron chi connectivity index (χ3n) is 11.2. The fourth-order valence-electron chi connectivity index (χ4n) is 8.16. The van der Waals surface area contributed by atoms with Crippen LogP contribution in [0.15, 0.2) is 206 Å². The Kier molecular flexibility index (Phi) is 9.37. The first kappa shape index (κ1) is 37.1. The SMILES string of the molecule is N#Cc1ccc(-c2nc(-c3ccccc3)nc(-c3ccc(-n4c5ccccc5c5ccccc54)c(-c4nc(-c5ccccc5)nc(-c5ccccc5-c5ccccc5)n4)c3)n2)cc1. The summed E-state index contributed by atoms with van der Waals surface area (Å²) in [5.41, 5.74) is 10.5. The number of fused-ring (bicyclic) bond motifs is 3. The maximum atomic E-state index is 9.53. The zero-order valence-electron chi connectivity index (χ0n) is 33.7. The number of hydrogen-bond acceptors (Lipinski definition) is 7. The van der Waals surface area contributed by atoms with Crippen molar-refractivity contribution in [1.29, 1.82) is 5.26 Å². The summed E-state index contributed by atoms with van der Waals surface area (Å²) in [6.07, 6.45) is 0. The van der Waals surface area contributed by atoms with E-state index in [0.29, 0.717) is 40.5 Å². The zero-order valence-corrected chi connectivity index (χ0v) is 33.7. The van der Waals surface area contributed by atoms with Crippen LogP contribution in [0.3, 0.4) is 0 Å². The van der Waals surface area contributed by atoms with Gasteiger partial charge in [0, 0.05) is 44.2 Å². The quantitative estimate of drug-likeness (QED) is 0.150. The molecule has 0 fully saturated rings. The van der Waals surface area contributed by atoms with Crippen molar-refractivity contribution in [3.63, 3.8) is 0 Å². The van der Waals surface area contributed by atoms with Crippen LogP contribution in [0.2, 0.25) is 0 Å². The molecule has 0 amide bonds. The van der Waals surface area contributed by atoms with Gasteiger partial charge in [0.25, 0.3) is 0 Å². The van der Waals surface area contributed by atoms with Crippen LogP contribution in [-0.2, 0) is 0 Å². The number of nitrogens with zero attached hydrogens (tertiary/aromatic N) is 8. The fourth-order valence-corrected chi connectivity index (χ4v) is 8.16. The lowest BCUT2D eigenvalue weighted by atomic mass is 9.99. The van der Waals surface area contributed by atoms with Crippen molar-refractivity contribution in [2.75, 3.05) is 0 Å². The molecule has 11 rings (SSSR count). The first-order valence-electron chi connectivity index (χ1n) is 20.6. The van der Waals surface area contributed by atoms with Gasteiger partial charge in [-0.1, -0.05) is 152 Å². The molecule has 0 saturated carbocycles. The normalized spacial score (nSPS) is 11.2. The summed E-state index contributed by atoms with van der Waals surface area (Å²) in [6, 6.07) is 71.2. The van der Waals surface area contributed by atoms with E-state index >= 15 is 0 Å². The molecule has 0 bridgehead atoms. The van der Waals surface area contributed by atoms with Crippen LogP contribution in [0.5, 0.6) is 0 Å². The Balaban J connectivity index is 1.20. The Morgan fingerprint density at radius 3 is 1.27 bits per heavy atom. The lowest BCUT2D eigenvalue weighted by molar-refractivity contribution is 1.06. The standard InChI is InChI=1S/C55H34N8/c56-35-36-28-30-40(31-29-36)52-57-50(38-18-6-2-7-19-38)58-53(59-52)41-32-33-49(63-47-26-14-12-23-43(47)44-24-13-15-27-48(44)63)46(34-41)55-61-51(39-20-8-3-9-21-39)60-54(62-55)45-25-11-10-22-42(45)37-16-4-1-5-17-37/h1-34H. The van der Waals surface area contributed by atoms with Crippen LogP contribution in [0.25, 0.3) is 107 Å². The van der Waals surface area contributed by atoms with E-state index in [2.05, 4.69) is 102 Å². The average Bonchev–Trinajstić information content (AvgIpc) is 3.71. The number of rotatable bonds is 8. The van der Waals surface area contributed by atoms with Crippen molar-refractivity contribution in [1.82, 2.24) is 34.5 Å². The van der Waals surface area contributed by atoms with Crippen molar-refractivity contribution >= 4 is 21.8 Å². The van der Waals surface area contributed by atoms with Gasteiger partial charge in [0.2, 0.25) is 0 Å². The van der Waals surface area contributed by atoms with Crippen molar-refractivity contribution in [3.05, 3.63) is 212 Å². The monoisotopic (exact) mass is 806 g/mol. The molecule has 8 heteroatoms. The van der Waals surface area contributed by atoms with Crippen molar-refractivity contribution in [2.45, 2.75) is 0 Å². The number of hydrogen-bond donors (Lipinski definition) is 0. The molecule has 0 aliphatic heterocycles. The predicted molar refractivity (Wildman–Crippen MR) is 250 cm³/mol. The Morgan fingerprint density at radius 2 is 0.714 bits per heavy atom. The second-order valence-electron chi connectivity index (χ2n) is 15.0. The molecule has 8 aromatic carbocycles. The molecule has 0 radical (unpaired) electrons. The fraction of sp³-hybridized carbons (Fsp3) is 0. The highest BCUT2D eigenvalue weighted by Gasteiger charge is 2.22. The smallest absolute Gasteiger partial charge is 0.166 e. The molecule has 0 aliphatic carbocycles. The second-order valence-corrected chi connectivity index (χ2v) is 15.0.